The van der Waals surface area contributed by atoms with Gasteiger partial charge in [0, 0.05) is 5.56 Å². The van der Waals surface area contributed by atoms with Crippen molar-refractivity contribution >= 4 is 5.97 Å². The maximum Gasteiger partial charge on any atom is 0.358 e. The topological polar surface area (TPSA) is 57.0 Å². The Hall–Kier alpha value is -2.31. The number of carbonyl (C=O) groups is 1. The number of alkyl halides is 2. The van der Waals surface area contributed by atoms with Crippen molar-refractivity contribution in [1.29, 1.82) is 0 Å². The van der Waals surface area contributed by atoms with E-state index in [2.05, 4.69) is 15.0 Å². The van der Waals surface area contributed by atoms with Crippen LogP contribution in [0.4, 0.5) is 8.78 Å². The highest BCUT2D eigenvalue weighted by Gasteiger charge is 2.15. The summed E-state index contributed by atoms with van der Waals surface area (Å²) in [6, 6.07) is 5.40. The Balaban J connectivity index is 2.37. The van der Waals surface area contributed by atoms with Crippen molar-refractivity contribution in [2.45, 2.75) is 6.43 Å². The second kappa shape index (κ2) is 4.91. The van der Waals surface area contributed by atoms with E-state index in [0.717, 1.165) is 0 Å². The van der Waals surface area contributed by atoms with Crippen molar-refractivity contribution in [3.63, 3.8) is 0 Å². The first kappa shape index (κ1) is 12.2. The molecule has 0 saturated heterocycles. The minimum Gasteiger partial charge on any atom is -0.464 e. The Kier molecular flexibility index (Phi) is 3.31. The number of ether oxygens (including phenoxy) is 1. The maximum absolute atomic E-state index is 12.4. The van der Waals surface area contributed by atoms with Gasteiger partial charge in [-0.15, -0.1) is 5.10 Å². The second-order valence-corrected chi connectivity index (χ2v) is 3.41. The summed E-state index contributed by atoms with van der Waals surface area (Å²) in [5.41, 5.74) is 0.484. The lowest BCUT2D eigenvalue weighted by atomic mass is 10.2. The van der Waals surface area contributed by atoms with Gasteiger partial charge in [0.25, 0.3) is 6.43 Å². The van der Waals surface area contributed by atoms with E-state index in [4.69, 9.17) is 0 Å². The Bertz CT molecular complexity index is 552. The predicted octanol–water partition coefficient (Wildman–Crippen LogP) is 1.99. The van der Waals surface area contributed by atoms with Crippen LogP contribution in [0.5, 0.6) is 0 Å². The Morgan fingerprint density at radius 2 is 2.00 bits per heavy atom. The number of nitrogens with zero attached hydrogens (tertiary/aromatic N) is 3. The van der Waals surface area contributed by atoms with E-state index in [-0.39, 0.29) is 11.3 Å². The van der Waals surface area contributed by atoms with E-state index in [1.54, 1.807) is 0 Å². The van der Waals surface area contributed by atoms with Crippen LogP contribution in [-0.4, -0.2) is 28.1 Å². The summed E-state index contributed by atoms with van der Waals surface area (Å²) < 4.78 is 30.6. The molecule has 5 nitrogen and oxygen atoms in total. The summed E-state index contributed by atoms with van der Waals surface area (Å²) >= 11 is 0. The highest BCUT2D eigenvalue weighted by Crippen LogP contribution is 2.20. The molecular formula is C11H9F2N3O2. The molecule has 1 heterocycles. The SMILES string of the molecule is COC(=O)c1cnnn1-c1ccc(C(F)F)cc1. The summed E-state index contributed by atoms with van der Waals surface area (Å²) in [6.07, 6.45) is -1.29. The van der Waals surface area contributed by atoms with Crippen LogP contribution in [0.15, 0.2) is 30.5 Å². The second-order valence-electron chi connectivity index (χ2n) is 3.41. The first-order valence-electron chi connectivity index (χ1n) is 5.01. The molecule has 0 atom stereocenters. The zero-order valence-corrected chi connectivity index (χ0v) is 9.38. The molecule has 0 unspecified atom stereocenters. The fraction of sp³-hybridized carbons (Fsp3) is 0.182. The minimum atomic E-state index is -2.53. The first-order chi connectivity index (χ1) is 8.63. The molecular weight excluding hydrogens is 244 g/mol. The van der Waals surface area contributed by atoms with Gasteiger partial charge < -0.3 is 4.74 Å². The molecule has 2 rings (SSSR count). The van der Waals surface area contributed by atoms with Crippen molar-refractivity contribution in [1.82, 2.24) is 15.0 Å². The number of hydrogen-bond donors (Lipinski definition) is 0. The third kappa shape index (κ3) is 2.20. The van der Waals surface area contributed by atoms with Crippen molar-refractivity contribution in [2.24, 2.45) is 0 Å². The molecule has 18 heavy (non-hydrogen) atoms. The molecule has 0 saturated carbocycles. The molecule has 0 N–H and O–H groups in total. The molecule has 0 aliphatic rings. The van der Waals surface area contributed by atoms with Gasteiger partial charge in [0.15, 0.2) is 5.69 Å². The molecule has 0 radical (unpaired) electrons. The molecule has 1 aromatic heterocycles. The van der Waals surface area contributed by atoms with Crippen molar-refractivity contribution < 1.29 is 18.3 Å². The van der Waals surface area contributed by atoms with Crippen LogP contribution in [0.1, 0.15) is 22.5 Å². The molecule has 2 aromatic rings. The summed E-state index contributed by atoms with van der Waals surface area (Å²) in [5, 5.41) is 7.30. The van der Waals surface area contributed by atoms with Gasteiger partial charge in [-0.1, -0.05) is 17.3 Å². The van der Waals surface area contributed by atoms with Crippen molar-refractivity contribution in [3.8, 4) is 5.69 Å². The molecule has 0 amide bonds. The number of hydrogen-bond acceptors (Lipinski definition) is 4. The Labute approximate surface area is 101 Å². The molecule has 0 aliphatic carbocycles. The Morgan fingerprint density at radius 1 is 1.33 bits per heavy atom. The van der Waals surface area contributed by atoms with E-state index in [1.165, 1.54) is 42.3 Å². The van der Waals surface area contributed by atoms with Gasteiger partial charge in [-0.05, 0) is 12.1 Å². The molecule has 7 heteroatoms. The zero-order chi connectivity index (χ0) is 13.1. The lowest BCUT2D eigenvalue weighted by molar-refractivity contribution is 0.0590. The highest BCUT2D eigenvalue weighted by atomic mass is 19.3. The van der Waals surface area contributed by atoms with Crippen LogP contribution in [0.3, 0.4) is 0 Å². The molecule has 0 fully saturated rings. The number of rotatable bonds is 3. The molecule has 0 spiro atoms. The van der Waals surface area contributed by atoms with Crippen LogP contribution in [0.25, 0.3) is 5.69 Å². The van der Waals surface area contributed by atoms with Crippen molar-refractivity contribution in [3.05, 3.63) is 41.7 Å². The predicted molar refractivity (Wildman–Crippen MR) is 57.7 cm³/mol. The molecule has 94 valence electrons. The van der Waals surface area contributed by atoms with Gasteiger partial charge in [-0.2, -0.15) is 0 Å². The van der Waals surface area contributed by atoms with Crippen LogP contribution >= 0.6 is 0 Å². The summed E-state index contributed by atoms with van der Waals surface area (Å²) in [6.45, 7) is 0. The van der Waals surface area contributed by atoms with E-state index >= 15 is 0 Å². The lowest BCUT2D eigenvalue weighted by Crippen LogP contribution is -2.10. The van der Waals surface area contributed by atoms with Gasteiger partial charge in [0.05, 0.1) is 19.0 Å². The fourth-order valence-corrected chi connectivity index (χ4v) is 1.43. The normalized spacial score (nSPS) is 10.7. The molecule has 0 bridgehead atoms. The minimum absolute atomic E-state index is 0.0986. The quantitative estimate of drug-likeness (QED) is 0.785. The smallest absolute Gasteiger partial charge is 0.358 e. The first-order valence-corrected chi connectivity index (χ1v) is 5.01. The maximum atomic E-state index is 12.4. The average Bonchev–Trinajstić information content (AvgIpc) is 2.87. The number of benzene rings is 1. The van der Waals surface area contributed by atoms with Gasteiger partial charge >= 0.3 is 5.97 Å². The van der Waals surface area contributed by atoms with E-state index < -0.39 is 12.4 Å². The van der Waals surface area contributed by atoms with Crippen LogP contribution in [-0.2, 0) is 4.74 Å². The number of halogens is 2. The summed E-state index contributed by atoms with van der Waals surface area (Å²) in [7, 11) is 1.24. The number of esters is 1. The highest BCUT2D eigenvalue weighted by molar-refractivity contribution is 5.87. The van der Waals surface area contributed by atoms with Crippen LogP contribution < -0.4 is 0 Å². The van der Waals surface area contributed by atoms with Gasteiger partial charge in [-0.25, -0.2) is 18.3 Å². The lowest BCUT2D eigenvalue weighted by Gasteiger charge is -2.05. The van der Waals surface area contributed by atoms with Gasteiger partial charge in [-0.3, -0.25) is 0 Å². The number of methoxy groups -OCH3 is 1. The third-order valence-electron chi connectivity index (χ3n) is 2.33. The van der Waals surface area contributed by atoms with E-state index in [1.807, 2.05) is 0 Å². The van der Waals surface area contributed by atoms with Crippen molar-refractivity contribution in [2.75, 3.05) is 7.11 Å². The third-order valence-corrected chi connectivity index (χ3v) is 2.33. The molecule has 1 aromatic carbocycles. The number of aromatic nitrogens is 3. The van der Waals surface area contributed by atoms with E-state index in [0.29, 0.717) is 5.69 Å². The monoisotopic (exact) mass is 253 g/mol. The van der Waals surface area contributed by atoms with Gasteiger partial charge in [0.1, 0.15) is 0 Å². The van der Waals surface area contributed by atoms with Gasteiger partial charge in [0.2, 0.25) is 0 Å². The summed E-state index contributed by atoms with van der Waals surface area (Å²) in [4.78, 5) is 11.4. The standard InChI is InChI=1S/C11H9F2N3O2/c1-18-11(17)9-6-14-15-16(9)8-4-2-7(3-5-8)10(12)13/h2-6,10H,1H3. The Morgan fingerprint density at radius 3 is 2.56 bits per heavy atom. The summed E-state index contributed by atoms with van der Waals surface area (Å²) in [5.74, 6) is -0.599. The van der Waals surface area contributed by atoms with Crippen LogP contribution in [0.2, 0.25) is 0 Å². The fourth-order valence-electron chi connectivity index (χ4n) is 1.43. The largest absolute Gasteiger partial charge is 0.464 e. The average molecular weight is 253 g/mol. The number of carbonyl (C=O) groups excluding carboxylic acids is 1. The molecule has 0 aliphatic heterocycles. The van der Waals surface area contributed by atoms with Crippen LogP contribution in [0, 0.1) is 0 Å². The zero-order valence-electron chi connectivity index (χ0n) is 9.38. The van der Waals surface area contributed by atoms with E-state index in [9.17, 15) is 13.6 Å².